The number of aromatic nitrogens is 1. The summed E-state index contributed by atoms with van der Waals surface area (Å²) in [4.78, 5) is 2.30. The van der Waals surface area contributed by atoms with E-state index in [1.54, 1.807) is 0 Å². The van der Waals surface area contributed by atoms with Crippen LogP contribution in [0.2, 0.25) is 0 Å². The van der Waals surface area contributed by atoms with Gasteiger partial charge in [-0.25, -0.2) is 0 Å². The van der Waals surface area contributed by atoms with Crippen LogP contribution in [0.4, 0.5) is 17.1 Å². The Morgan fingerprint density at radius 1 is 0.390 bits per heavy atom. The molecule has 0 spiro atoms. The highest BCUT2D eigenvalue weighted by Gasteiger charge is 2.48. The van der Waals surface area contributed by atoms with E-state index < -0.39 is 5.41 Å². The Labute approximate surface area is 345 Å². The van der Waals surface area contributed by atoms with Gasteiger partial charge in [0.15, 0.2) is 0 Å². The van der Waals surface area contributed by atoms with Crippen molar-refractivity contribution < 1.29 is 0 Å². The summed E-state index contributed by atoms with van der Waals surface area (Å²) in [5.74, 6) is 0. The minimum atomic E-state index is -0.586. The molecule has 0 saturated heterocycles. The van der Waals surface area contributed by atoms with Gasteiger partial charge in [-0.15, -0.1) is 0 Å². The van der Waals surface area contributed by atoms with Crippen LogP contribution in [0.5, 0.6) is 0 Å². The lowest BCUT2D eigenvalue weighted by Gasteiger charge is -2.34. The van der Waals surface area contributed by atoms with Gasteiger partial charge in [0.1, 0.15) is 0 Å². The molecule has 9 aromatic carbocycles. The predicted molar refractivity (Wildman–Crippen MR) is 248 cm³/mol. The van der Waals surface area contributed by atoms with Crippen LogP contribution < -0.4 is 4.90 Å². The summed E-state index contributed by atoms with van der Waals surface area (Å²) < 4.78 is 2.50. The van der Waals surface area contributed by atoms with Gasteiger partial charge in [0.05, 0.1) is 16.4 Å². The minimum Gasteiger partial charge on any atom is -0.311 e. The highest BCUT2D eigenvalue weighted by atomic mass is 15.1. The SMILES string of the molecule is C(=Cc1ccc2c(c1)C(c1ccccc1)(c1ccccc1)c1c-2ccc2c3ccccc3n(-c3ccccc3)c12)c1ccc(N(c2ccccc2)c2ccccc2)cc1. The van der Waals surface area contributed by atoms with E-state index in [1.807, 2.05) is 0 Å². The van der Waals surface area contributed by atoms with Gasteiger partial charge in [0, 0.05) is 39.1 Å². The molecule has 0 amide bonds. The topological polar surface area (TPSA) is 8.17 Å². The van der Waals surface area contributed by atoms with E-state index in [4.69, 9.17) is 0 Å². The Kier molecular flexibility index (Phi) is 8.41. The Balaban J connectivity index is 1.09. The maximum Gasteiger partial charge on any atom is 0.0734 e. The van der Waals surface area contributed by atoms with E-state index in [9.17, 15) is 0 Å². The van der Waals surface area contributed by atoms with Crippen LogP contribution in [0.25, 0.3) is 50.8 Å². The van der Waals surface area contributed by atoms with E-state index in [-0.39, 0.29) is 0 Å². The molecule has 1 heterocycles. The summed E-state index contributed by atoms with van der Waals surface area (Å²) in [6.45, 7) is 0. The number of para-hydroxylation sites is 4. The third-order valence-corrected chi connectivity index (χ3v) is 12.0. The minimum absolute atomic E-state index is 0.586. The van der Waals surface area contributed by atoms with Gasteiger partial charge in [-0.3, -0.25) is 0 Å². The van der Waals surface area contributed by atoms with Crippen LogP contribution in [0.3, 0.4) is 0 Å². The van der Waals surface area contributed by atoms with Crippen LogP contribution >= 0.6 is 0 Å². The molecule has 1 aliphatic carbocycles. The van der Waals surface area contributed by atoms with Crippen molar-refractivity contribution in [3.63, 3.8) is 0 Å². The van der Waals surface area contributed by atoms with E-state index in [0.29, 0.717) is 0 Å². The second-order valence-electron chi connectivity index (χ2n) is 15.3. The fraction of sp³-hybridized carbons (Fsp3) is 0.0175. The molecule has 0 N–H and O–H groups in total. The van der Waals surface area contributed by atoms with Crippen molar-refractivity contribution in [3.8, 4) is 16.8 Å². The molecule has 0 saturated carbocycles. The van der Waals surface area contributed by atoms with E-state index >= 15 is 0 Å². The molecule has 0 aliphatic heterocycles. The lowest BCUT2D eigenvalue weighted by molar-refractivity contribution is 0.771. The van der Waals surface area contributed by atoms with Crippen LogP contribution in [0.1, 0.15) is 33.4 Å². The maximum absolute atomic E-state index is 2.50. The molecule has 1 aromatic heterocycles. The molecule has 0 fully saturated rings. The van der Waals surface area contributed by atoms with Crippen LogP contribution in [0.15, 0.2) is 231 Å². The monoisotopic (exact) mass is 752 g/mol. The summed E-state index contributed by atoms with van der Waals surface area (Å²) >= 11 is 0. The molecule has 0 radical (unpaired) electrons. The fourth-order valence-corrected chi connectivity index (χ4v) is 9.52. The van der Waals surface area contributed by atoms with Crippen molar-refractivity contribution in [1.29, 1.82) is 0 Å². The third kappa shape index (κ3) is 5.64. The normalized spacial score (nSPS) is 12.8. The van der Waals surface area contributed by atoms with E-state index in [0.717, 1.165) is 33.9 Å². The Bertz CT molecular complexity index is 3030. The third-order valence-electron chi connectivity index (χ3n) is 12.0. The Morgan fingerprint density at radius 3 is 1.51 bits per heavy atom. The van der Waals surface area contributed by atoms with Crippen molar-refractivity contribution in [2.75, 3.05) is 4.90 Å². The van der Waals surface area contributed by atoms with Crippen molar-refractivity contribution >= 4 is 51.0 Å². The number of hydrogen-bond acceptors (Lipinski definition) is 1. The zero-order chi connectivity index (χ0) is 39.2. The smallest absolute Gasteiger partial charge is 0.0734 e. The number of benzene rings is 9. The molecule has 59 heavy (non-hydrogen) atoms. The standard InChI is InChI=1S/C57H40N2/c1-6-18-43(19-7-1)57(44-20-8-2-9-21-44)53-40-42(31-30-41-32-35-48(36-33-41)58(45-22-10-3-11-23-45)46-24-12-4-13-25-46)34-37-49(53)51-38-39-52-50-28-16-17-29-54(50)59(56(52)55(51)57)47-26-14-5-15-27-47/h1-40H. The summed E-state index contributed by atoms with van der Waals surface area (Å²) in [5, 5.41) is 2.51. The molecule has 0 unspecified atom stereocenters. The average Bonchev–Trinajstić information content (AvgIpc) is 3.81. The van der Waals surface area contributed by atoms with Crippen LogP contribution in [-0.4, -0.2) is 4.57 Å². The summed E-state index contributed by atoms with van der Waals surface area (Å²) in [5.41, 5.74) is 16.3. The first-order valence-corrected chi connectivity index (χ1v) is 20.4. The van der Waals surface area contributed by atoms with Crippen molar-refractivity contribution in [2.45, 2.75) is 5.41 Å². The van der Waals surface area contributed by atoms with Gasteiger partial charge in [0.2, 0.25) is 0 Å². The number of fused-ring (bicyclic) bond motifs is 7. The lowest BCUT2D eigenvalue weighted by Crippen LogP contribution is -2.29. The zero-order valence-corrected chi connectivity index (χ0v) is 32.5. The first-order valence-electron chi connectivity index (χ1n) is 20.4. The summed E-state index contributed by atoms with van der Waals surface area (Å²) in [6, 6.07) is 83.8. The Hall–Kier alpha value is -7.68. The number of anilines is 3. The first-order chi connectivity index (χ1) is 29.3. The van der Waals surface area contributed by atoms with Gasteiger partial charge in [-0.1, -0.05) is 182 Å². The van der Waals surface area contributed by atoms with Crippen molar-refractivity contribution in [3.05, 3.63) is 264 Å². The number of hydrogen-bond donors (Lipinski definition) is 0. The van der Waals surface area contributed by atoms with E-state index in [2.05, 4.69) is 252 Å². The van der Waals surface area contributed by atoms with Gasteiger partial charge >= 0.3 is 0 Å². The average molecular weight is 753 g/mol. The largest absolute Gasteiger partial charge is 0.311 e. The molecule has 10 aromatic rings. The van der Waals surface area contributed by atoms with Crippen molar-refractivity contribution in [1.82, 2.24) is 4.57 Å². The molecule has 0 atom stereocenters. The zero-order valence-electron chi connectivity index (χ0n) is 32.5. The molecule has 0 bridgehead atoms. The highest BCUT2D eigenvalue weighted by Crippen LogP contribution is 2.59. The van der Waals surface area contributed by atoms with Crippen molar-refractivity contribution in [2.24, 2.45) is 0 Å². The highest BCUT2D eigenvalue weighted by molar-refractivity contribution is 6.14. The molecule has 11 rings (SSSR count). The lowest BCUT2D eigenvalue weighted by atomic mass is 9.67. The van der Waals surface area contributed by atoms with Gasteiger partial charge in [-0.2, -0.15) is 0 Å². The van der Waals surface area contributed by atoms with E-state index in [1.165, 1.54) is 55.2 Å². The molecular formula is C57H40N2. The predicted octanol–water partition coefficient (Wildman–Crippen LogP) is 14.8. The molecule has 2 heteroatoms. The summed E-state index contributed by atoms with van der Waals surface area (Å²) in [6.07, 6.45) is 4.50. The molecule has 278 valence electrons. The molecular weight excluding hydrogens is 713 g/mol. The first kappa shape index (κ1) is 34.6. The van der Waals surface area contributed by atoms with Gasteiger partial charge < -0.3 is 9.47 Å². The number of rotatable bonds is 8. The number of nitrogens with zero attached hydrogens (tertiary/aromatic N) is 2. The quantitative estimate of drug-likeness (QED) is 0.140. The summed E-state index contributed by atoms with van der Waals surface area (Å²) in [7, 11) is 0. The van der Waals surface area contributed by atoms with Crippen LogP contribution in [-0.2, 0) is 5.41 Å². The Morgan fingerprint density at radius 2 is 0.881 bits per heavy atom. The van der Waals surface area contributed by atoms with Gasteiger partial charge in [0.25, 0.3) is 0 Å². The second kappa shape index (κ2) is 14.4. The van der Waals surface area contributed by atoms with Gasteiger partial charge in [-0.05, 0) is 99.6 Å². The fourth-order valence-electron chi connectivity index (χ4n) is 9.52. The second-order valence-corrected chi connectivity index (χ2v) is 15.3. The maximum atomic E-state index is 2.50. The molecule has 1 aliphatic rings. The molecule has 2 nitrogen and oxygen atoms in total. The van der Waals surface area contributed by atoms with Crippen LogP contribution in [0, 0.1) is 0 Å².